The average molecular weight is 409 g/mol. The van der Waals surface area contributed by atoms with E-state index in [1.807, 2.05) is 65.6 Å². The van der Waals surface area contributed by atoms with Crippen LogP contribution < -0.4 is 4.90 Å². The number of piperazine rings is 1. The van der Waals surface area contributed by atoms with Crippen LogP contribution in [0.15, 0.2) is 84.9 Å². The molecule has 5 nitrogen and oxygen atoms in total. The summed E-state index contributed by atoms with van der Waals surface area (Å²) in [5.41, 5.74) is 3.02. The molecule has 0 atom stereocenters. The predicted octanol–water partition coefficient (Wildman–Crippen LogP) is 4.19. The Morgan fingerprint density at radius 3 is 2.26 bits per heavy atom. The first-order chi connectivity index (χ1) is 15.3. The Hall–Kier alpha value is -3.73. The van der Waals surface area contributed by atoms with E-state index >= 15 is 0 Å². The molecule has 1 fully saturated rings. The third-order valence-corrected chi connectivity index (χ3v) is 5.90. The Morgan fingerprint density at radius 1 is 0.742 bits per heavy atom. The second-order valence-corrected chi connectivity index (χ2v) is 7.83. The minimum Gasteiger partial charge on any atom is -0.352 e. The summed E-state index contributed by atoms with van der Waals surface area (Å²) in [6.45, 7) is 2.93. The monoisotopic (exact) mass is 408 g/mol. The van der Waals surface area contributed by atoms with Gasteiger partial charge in [-0.05, 0) is 28.5 Å². The van der Waals surface area contributed by atoms with E-state index in [4.69, 9.17) is 0 Å². The highest BCUT2D eigenvalue weighted by Gasteiger charge is 2.22. The molecule has 0 radical (unpaired) electrons. The van der Waals surface area contributed by atoms with Gasteiger partial charge in [-0.3, -0.25) is 4.79 Å². The first-order valence-corrected chi connectivity index (χ1v) is 10.7. The fourth-order valence-corrected chi connectivity index (χ4v) is 4.16. The van der Waals surface area contributed by atoms with Crippen LogP contribution in [-0.2, 0) is 11.2 Å². The molecule has 5 heteroatoms. The first kappa shape index (κ1) is 19.2. The zero-order valence-electron chi connectivity index (χ0n) is 17.3. The van der Waals surface area contributed by atoms with Crippen molar-refractivity contribution >= 4 is 22.5 Å². The predicted molar refractivity (Wildman–Crippen MR) is 124 cm³/mol. The maximum absolute atomic E-state index is 12.9. The quantitative estimate of drug-likeness (QED) is 0.508. The third kappa shape index (κ3) is 4.12. The van der Waals surface area contributed by atoms with Crippen molar-refractivity contribution in [3.63, 3.8) is 0 Å². The van der Waals surface area contributed by atoms with Crippen LogP contribution in [0.1, 0.15) is 5.56 Å². The number of amides is 1. The van der Waals surface area contributed by atoms with Crippen molar-refractivity contribution in [2.45, 2.75) is 6.42 Å². The lowest BCUT2D eigenvalue weighted by molar-refractivity contribution is -0.130. The highest BCUT2D eigenvalue weighted by Crippen LogP contribution is 2.21. The van der Waals surface area contributed by atoms with Crippen LogP contribution in [-0.4, -0.2) is 47.2 Å². The van der Waals surface area contributed by atoms with E-state index in [0.717, 1.165) is 41.1 Å². The third-order valence-electron chi connectivity index (χ3n) is 5.90. The molecule has 1 amide bonds. The van der Waals surface area contributed by atoms with Crippen LogP contribution in [0.3, 0.4) is 0 Å². The zero-order chi connectivity index (χ0) is 21.0. The van der Waals surface area contributed by atoms with Gasteiger partial charge >= 0.3 is 0 Å². The summed E-state index contributed by atoms with van der Waals surface area (Å²) >= 11 is 0. The summed E-state index contributed by atoms with van der Waals surface area (Å²) < 4.78 is 0. The highest BCUT2D eigenvalue weighted by molar-refractivity contribution is 5.90. The fraction of sp³-hybridized carbons (Fsp3) is 0.192. The van der Waals surface area contributed by atoms with E-state index in [0.29, 0.717) is 19.5 Å². The van der Waals surface area contributed by atoms with Crippen LogP contribution >= 0.6 is 0 Å². The lowest BCUT2D eigenvalue weighted by Gasteiger charge is -2.35. The molecule has 1 aliphatic rings. The summed E-state index contributed by atoms with van der Waals surface area (Å²) in [4.78, 5) is 17.1. The topological polar surface area (TPSA) is 49.3 Å². The number of hydrogen-bond acceptors (Lipinski definition) is 4. The van der Waals surface area contributed by atoms with Crippen molar-refractivity contribution < 1.29 is 4.79 Å². The molecule has 31 heavy (non-hydrogen) atoms. The van der Waals surface area contributed by atoms with E-state index < -0.39 is 0 Å². The van der Waals surface area contributed by atoms with Gasteiger partial charge in [-0.1, -0.05) is 72.8 Å². The first-order valence-electron chi connectivity index (χ1n) is 10.7. The highest BCUT2D eigenvalue weighted by atomic mass is 16.2. The molecule has 0 aliphatic carbocycles. The van der Waals surface area contributed by atoms with Crippen molar-refractivity contribution in [2.24, 2.45) is 0 Å². The molecule has 154 valence electrons. The van der Waals surface area contributed by atoms with Gasteiger partial charge in [0.1, 0.15) is 0 Å². The maximum atomic E-state index is 12.9. The molecule has 1 aliphatic heterocycles. The number of carbonyl (C=O) groups excluding carboxylic acids is 1. The number of carbonyl (C=O) groups is 1. The number of aromatic nitrogens is 2. The zero-order valence-corrected chi connectivity index (χ0v) is 17.3. The van der Waals surface area contributed by atoms with Crippen molar-refractivity contribution in [3.8, 4) is 11.3 Å². The van der Waals surface area contributed by atoms with E-state index in [9.17, 15) is 4.79 Å². The largest absolute Gasteiger partial charge is 0.352 e. The van der Waals surface area contributed by atoms with Gasteiger partial charge in [0.25, 0.3) is 0 Å². The molecule has 1 saturated heterocycles. The molecule has 0 bridgehead atoms. The molecule has 1 aromatic heterocycles. The van der Waals surface area contributed by atoms with E-state index in [1.54, 1.807) is 0 Å². The second-order valence-electron chi connectivity index (χ2n) is 7.83. The lowest BCUT2D eigenvalue weighted by Crippen LogP contribution is -2.49. The van der Waals surface area contributed by atoms with Crippen molar-refractivity contribution in [1.29, 1.82) is 0 Å². The van der Waals surface area contributed by atoms with Gasteiger partial charge in [-0.25, -0.2) is 0 Å². The minimum absolute atomic E-state index is 0.182. The molecular weight excluding hydrogens is 384 g/mol. The van der Waals surface area contributed by atoms with E-state index in [-0.39, 0.29) is 5.91 Å². The Balaban J connectivity index is 1.21. The second kappa shape index (κ2) is 8.56. The van der Waals surface area contributed by atoms with Gasteiger partial charge in [-0.2, -0.15) is 0 Å². The van der Waals surface area contributed by atoms with Gasteiger partial charge in [0.15, 0.2) is 5.82 Å². The number of fused-ring (bicyclic) bond motifs is 1. The molecule has 4 aromatic rings. The average Bonchev–Trinajstić information content (AvgIpc) is 2.85. The summed E-state index contributed by atoms with van der Waals surface area (Å²) in [6, 6.07) is 28.5. The van der Waals surface area contributed by atoms with Crippen LogP contribution in [0.5, 0.6) is 0 Å². The summed E-state index contributed by atoms with van der Waals surface area (Å²) in [5.74, 6) is 1.04. The van der Waals surface area contributed by atoms with Crippen LogP contribution in [0, 0.1) is 0 Å². The Kier molecular flexibility index (Phi) is 5.31. The van der Waals surface area contributed by atoms with Gasteiger partial charge in [0.05, 0.1) is 12.1 Å². The maximum Gasteiger partial charge on any atom is 0.227 e. The van der Waals surface area contributed by atoms with Gasteiger partial charge in [0.2, 0.25) is 5.91 Å². The van der Waals surface area contributed by atoms with Crippen molar-refractivity contribution in [1.82, 2.24) is 15.1 Å². The molecule has 5 rings (SSSR count). The summed E-state index contributed by atoms with van der Waals surface area (Å²) in [5, 5.41) is 11.1. The van der Waals surface area contributed by atoms with Crippen LogP contribution in [0.4, 0.5) is 5.82 Å². The van der Waals surface area contributed by atoms with Crippen LogP contribution in [0.25, 0.3) is 22.0 Å². The molecule has 0 N–H and O–H groups in total. The summed E-state index contributed by atoms with van der Waals surface area (Å²) in [7, 11) is 0. The molecule has 0 unspecified atom stereocenters. The molecule has 2 heterocycles. The van der Waals surface area contributed by atoms with Gasteiger partial charge < -0.3 is 9.80 Å². The SMILES string of the molecule is O=C(Cc1cccc2ccccc12)N1CCN(c2ccc(-c3ccccc3)nn2)CC1. The standard InChI is InChI=1S/C26H24N4O/c31-26(19-22-11-6-10-20-7-4-5-12-23(20)22)30-17-15-29(16-18-30)25-14-13-24(27-28-25)21-8-2-1-3-9-21/h1-14H,15-19H2. The Labute approximate surface area is 182 Å². The van der Waals surface area contributed by atoms with E-state index in [2.05, 4.69) is 39.4 Å². The number of benzene rings is 3. The Morgan fingerprint density at radius 2 is 1.48 bits per heavy atom. The van der Waals surface area contributed by atoms with Gasteiger partial charge in [-0.15, -0.1) is 10.2 Å². The number of nitrogens with zero attached hydrogens (tertiary/aromatic N) is 4. The van der Waals surface area contributed by atoms with Crippen molar-refractivity contribution in [3.05, 3.63) is 90.5 Å². The van der Waals surface area contributed by atoms with Crippen molar-refractivity contribution in [2.75, 3.05) is 31.1 Å². The molecule has 0 saturated carbocycles. The Bertz CT molecular complexity index is 1180. The molecule has 0 spiro atoms. The molecular formula is C26H24N4O. The van der Waals surface area contributed by atoms with Gasteiger partial charge in [0, 0.05) is 31.7 Å². The number of hydrogen-bond donors (Lipinski definition) is 0. The van der Waals surface area contributed by atoms with E-state index in [1.165, 1.54) is 5.39 Å². The smallest absolute Gasteiger partial charge is 0.227 e. The normalized spacial score (nSPS) is 14.1. The number of anilines is 1. The summed E-state index contributed by atoms with van der Waals surface area (Å²) in [6.07, 6.45) is 0.437. The van der Waals surface area contributed by atoms with Crippen LogP contribution in [0.2, 0.25) is 0 Å². The number of rotatable bonds is 4. The minimum atomic E-state index is 0.182. The lowest BCUT2D eigenvalue weighted by atomic mass is 10.0. The molecule has 3 aromatic carbocycles. The fourth-order valence-electron chi connectivity index (χ4n) is 4.16.